The molecule has 0 bridgehead atoms. The number of carbonyl (C=O) groups excluding carboxylic acids is 2. The van der Waals surface area contributed by atoms with Crippen LogP contribution >= 0.6 is 31.9 Å². The number of rotatable bonds is 2. The number of hydrogen-bond donors (Lipinski definition) is 1. The number of nitrogens with zero attached hydrogens (tertiary/aromatic N) is 1. The van der Waals surface area contributed by atoms with Gasteiger partial charge in [0.05, 0.1) is 11.5 Å². The summed E-state index contributed by atoms with van der Waals surface area (Å²) in [6.07, 6.45) is 1.70. The number of amides is 2. The predicted octanol–water partition coefficient (Wildman–Crippen LogP) is 2.81. The number of hydrogen-bond acceptors (Lipinski definition) is 2. The molecule has 0 saturated carbocycles. The van der Waals surface area contributed by atoms with Gasteiger partial charge in [0, 0.05) is 29.1 Å². The molecule has 108 valence electrons. The Kier molecular flexibility index (Phi) is 5.21. The number of benzene rings is 1. The summed E-state index contributed by atoms with van der Waals surface area (Å²) < 4.78 is 1.68. The van der Waals surface area contributed by atoms with Gasteiger partial charge in [-0.2, -0.15) is 0 Å². The summed E-state index contributed by atoms with van der Waals surface area (Å²) in [7, 11) is 1.63. The second kappa shape index (κ2) is 6.72. The monoisotopic (exact) mass is 402 g/mol. The van der Waals surface area contributed by atoms with Crippen LogP contribution in [0.25, 0.3) is 0 Å². The third-order valence-electron chi connectivity index (χ3n) is 3.49. The average Bonchev–Trinajstić information content (AvgIpc) is 2.46. The number of carbonyl (C=O) groups is 2. The van der Waals surface area contributed by atoms with Crippen molar-refractivity contribution in [3.05, 3.63) is 32.7 Å². The van der Waals surface area contributed by atoms with Crippen molar-refractivity contribution in [2.24, 2.45) is 5.92 Å². The highest BCUT2D eigenvalue weighted by Crippen LogP contribution is 2.25. The molecule has 1 heterocycles. The van der Waals surface area contributed by atoms with Crippen molar-refractivity contribution in [3.63, 3.8) is 0 Å². The standard InChI is InChI=1S/C14H16Br2N2O2/c1-17-13(19)9-3-2-6-18(8-9)14(20)11-5-4-10(15)7-12(11)16/h4-5,7,9H,2-3,6,8H2,1H3,(H,17,19). The fourth-order valence-corrected chi connectivity index (χ4v) is 3.63. The molecule has 1 unspecified atom stereocenters. The molecule has 4 nitrogen and oxygen atoms in total. The lowest BCUT2D eigenvalue weighted by Crippen LogP contribution is -2.44. The van der Waals surface area contributed by atoms with Crippen LogP contribution in [0.4, 0.5) is 0 Å². The van der Waals surface area contributed by atoms with E-state index in [1.54, 1.807) is 18.0 Å². The van der Waals surface area contributed by atoms with Crippen LogP contribution in [0.1, 0.15) is 23.2 Å². The molecule has 0 radical (unpaired) electrons. The zero-order valence-electron chi connectivity index (χ0n) is 11.2. The first-order valence-corrected chi connectivity index (χ1v) is 8.07. The summed E-state index contributed by atoms with van der Waals surface area (Å²) in [5.41, 5.74) is 0.630. The van der Waals surface area contributed by atoms with Crippen LogP contribution in [-0.2, 0) is 4.79 Å². The lowest BCUT2D eigenvalue weighted by Gasteiger charge is -2.32. The zero-order chi connectivity index (χ0) is 14.7. The molecule has 6 heteroatoms. The number of halogens is 2. The van der Waals surface area contributed by atoms with Gasteiger partial charge < -0.3 is 10.2 Å². The SMILES string of the molecule is CNC(=O)C1CCCN(C(=O)c2ccc(Br)cc2Br)C1. The normalized spacial score (nSPS) is 18.8. The highest BCUT2D eigenvalue weighted by molar-refractivity contribution is 9.11. The van der Waals surface area contributed by atoms with Gasteiger partial charge in [0.25, 0.3) is 5.91 Å². The maximum absolute atomic E-state index is 12.5. The van der Waals surface area contributed by atoms with E-state index in [0.29, 0.717) is 18.7 Å². The Labute approximate surface area is 135 Å². The number of piperidine rings is 1. The highest BCUT2D eigenvalue weighted by Gasteiger charge is 2.28. The molecule has 1 saturated heterocycles. The molecule has 2 amide bonds. The maximum Gasteiger partial charge on any atom is 0.255 e. The Balaban J connectivity index is 2.14. The van der Waals surface area contributed by atoms with Crippen molar-refractivity contribution < 1.29 is 9.59 Å². The molecule has 1 atom stereocenters. The Morgan fingerprint density at radius 3 is 2.75 bits per heavy atom. The Morgan fingerprint density at radius 2 is 2.10 bits per heavy atom. The molecule has 1 aliphatic heterocycles. The minimum absolute atomic E-state index is 0.0115. The molecule has 0 aromatic heterocycles. The highest BCUT2D eigenvalue weighted by atomic mass is 79.9. The van der Waals surface area contributed by atoms with Crippen molar-refractivity contribution in [1.29, 1.82) is 0 Å². The lowest BCUT2D eigenvalue weighted by atomic mass is 9.96. The molecule has 2 rings (SSSR count). The zero-order valence-corrected chi connectivity index (χ0v) is 14.3. The summed E-state index contributed by atoms with van der Waals surface area (Å²) in [4.78, 5) is 26.0. The van der Waals surface area contributed by atoms with Crippen LogP contribution in [0, 0.1) is 5.92 Å². The summed E-state index contributed by atoms with van der Waals surface area (Å²) in [5.74, 6) is -0.123. The lowest BCUT2D eigenvalue weighted by molar-refractivity contribution is -0.125. The van der Waals surface area contributed by atoms with Gasteiger partial charge in [-0.3, -0.25) is 9.59 Å². The van der Waals surface area contributed by atoms with Crippen molar-refractivity contribution in [2.75, 3.05) is 20.1 Å². The molecule has 0 spiro atoms. The second-order valence-electron chi connectivity index (χ2n) is 4.83. The van der Waals surface area contributed by atoms with E-state index >= 15 is 0 Å². The van der Waals surface area contributed by atoms with Gasteiger partial charge in [0.15, 0.2) is 0 Å². The smallest absolute Gasteiger partial charge is 0.255 e. The van der Waals surface area contributed by atoms with Crippen LogP contribution in [0.5, 0.6) is 0 Å². The van der Waals surface area contributed by atoms with Gasteiger partial charge in [-0.05, 0) is 47.0 Å². The molecule has 0 aliphatic carbocycles. The topological polar surface area (TPSA) is 49.4 Å². The summed E-state index contributed by atoms with van der Waals surface area (Å²) in [5, 5.41) is 2.66. The van der Waals surface area contributed by atoms with Gasteiger partial charge in [-0.25, -0.2) is 0 Å². The molecule has 20 heavy (non-hydrogen) atoms. The first kappa shape index (κ1) is 15.5. The first-order valence-electron chi connectivity index (χ1n) is 6.49. The third kappa shape index (κ3) is 3.41. The van der Waals surface area contributed by atoms with E-state index in [-0.39, 0.29) is 17.7 Å². The third-order valence-corrected chi connectivity index (χ3v) is 4.64. The van der Waals surface area contributed by atoms with Gasteiger partial charge in [-0.1, -0.05) is 15.9 Å². The van der Waals surface area contributed by atoms with Crippen LogP contribution in [0.3, 0.4) is 0 Å². The summed E-state index contributed by atoms with van der Waals surface area (Å²) in [6, 6.07) is 5.49. The maximum atomic E-state index is 12.5. The van der Waals surface area contributed by atoms with Crippen LogP contribution in [0.15, 0.2) is 27.1 Å². The molecule has 1 aliphatic rings. The fraction of sp³-hybridized carbons (Fsp3) is 0.429. The molecule has 1 fully saturated rings. The van der Waals surface area contributed by atoms with Crippen LogP contribution in [-0.4, -0.2) is 36.9 Å². The van der Waals surface area contributed by atoms with E-state index in [4.69, 9.17) is 0 Å². The number of nitrogens with one attached hydrogen (secondary N) is 1. The average molecular weight is 404 g/mol. The number of likely N-dealkylation sites (tertiary alicyclic amines) is 1. The van der Waals surface area contributed by atoms with Crippen molar-refractivity contribution in [3.8, 4) is 0 Å². The van der Waals surface area contributed by atoms with Gasteiger partial charge >= 0.3 is 0 Å². The Bertz CT molecular complexity index is 534. The fourth-order valence-electron chi connectivity index (χ4n) is 2.41. The van der Waals surface area contributed by atoms with Crippen molar-refractivity contribution in [2.45, 2.75) is 12.8 Å². The van der Waals surface area contributed by atoms with E-state index in [1.165, 1.54) is 0 Å². The quantitative estimate of drug-likeness (QED) is 0.825. The second-order valence-corrected chi connectivity index (χ2v) is 6.60. The molecule has 1 aromatic carbocycles. The Morgan fingerprint density at radius 1 is 1.35 bits per heavy atom. The van der Waals surface area contributed by atoms with E-state index in [0.717, 1.165) is 21.8 Å². The minimum atomic E-state index is -0.105. The molecular formula is C14H16Br2N2O2. The van der Waals surface area contributed by atoms with Crippen LogP contribution < -0.4 is 5.32 Å². The molecule has 1 N–H and O–H groups in total. The summed E-state index contributed by atoms with van der Waals surface area (Å²) >= 11 is 6.79. The van der Waals surface area contributed by atoms with Gasteiger partial charge in [0.2, 0.25) is 5.91 Å². The first-order chi connectivity index (χ1) is 9.52. The Hall–Kier alpha value is -0.880. The van der Waals surface area contributed by atoms with Gasteiger partial charge in [-0.15, -0.1) is 0 Å². The van der Waals surface area contributed by atoms with Crippen LogP contribution in [0.2, 0.25) is 0 Å². The summed E-state index contributed by atoms with van der Waals surface area (Å²) in [6.45, 7) is 1.19. The van der Waals surface area contributed by atoms with E-state index in [2.05, 4.69) is 37.2 Å². The predicted molar refractivity (Wildman–Crippen MR) is 84.5 cm³/mol. The van der Waals surface area contributed by atoms with E-state index in [9.17, 15) is 9.59 Å². The van der Waals surface area contributed by atoms with E-state index < -0.39 is 0 Å². The van der Waals surface area contributed by atoms with Gasteiger partial charge in [0.1, 0.15) is 0 Å². The van der Waals surface area contributed by atoms with Crippen molar-refractivity contribution >= 4 is 43.7 Å². The largest absolute Gasteiger partial charge is 0.359 e. The minimum Gasteiger partial charge on any atom is -0.359 e. The molecule has 1 aromatic rings. The van der Waals surface area contributed by atoms with Crippen molar-refractivity contribution in [1.82, 2.24) is 10.2 Å². The molecular weight excluding hydrogens is 388 g/mol. The van der Waals surface area contributed by atoms with E-state index in [1.807, 2.05) is 12.1 Å².